The van der Waals surface area contributed by atoms with Crippen LogP contribution < -0.4 is 0 Å². The molecule has 0 radical (unpaired) electrons. The SMILES string of the molecule is CS(=O)(=O)c1ccccc1CS(=O)(=O)N1CCC2(CC1)CN(Cc1ccccc1)CO2. The smallest absolute Gasteiger partial charge is 0.218 e. The molecule has 0 saturated carbocycles. The Balaban J connectivity index is 1.39. The summed E-state index contributed by atoms with van der Waals surface area (Å²) in [5, 5.41) is 0. The average molecular weight is 465 g/mol. The van der Waals surface area contributed by atoms with Crippen LogP contribution in [0, 0.1) is 0 Å². The van der Waals surface area contributed by atoms with Crippen molar-refractivity contribution in [3.63, 3.8) is 0 Å². The lowest BCUT2D eigenvalue weighted by atomic mass is 9.92. The van der Waals surface area contributed by atoms with Gasteiger partial charge in [-0.15, -0.1) is 0 Å². The summed E-state index contributed by atoms with van der Waals surface area (Å²) < 4.78 is 57.7. The lowest BCUT2D eigenvalue weighted by molar-refractivity contribution is -0.0277. The van der Waals surface area contributed by atoms with E-state index in [0.717, 1.165) is 19.3 Å². The Kier molecular flexibility index (Phi) is 6.24. The number of hydrogen-bond acceptors (Lipinski definition) is 6. The fraction of sp³-hybridized carbons (Fsp3) is 0.455. The van der Waals surface area contributed by atoms with E-state index in [4.69, 9.17) is 4.74 Å². The van der Waals surface area contributed by atoms with E-state index < -0.39 is 19.9 Å². The molecule has 9 heteroatoms. The van der Waals surface area contributed by atoms with Gasteiger partial charge in [0, 0.05) is 32.4 Å². The zero-order chi connectivity index (χ0) is 22.1. The van der Waals surface area contributed by atoms with Crippen LogP contribution in [-0.4, -0.2) is 64.3 Å². The third-order valence-electron chi connectivity index (χ3n) is 6.05. The lowest BCUT2D eigenvalue weighted by Gasteiger charge is -2.37. The quantitative estimate of drug-likeness (QED) is 0.652. The molecule has 0 amide bonds. The van der Waals surface area contributed by atoms with Crippen LogP contribution in [0.25, 0.3) is 0 Å². The predicted octanol–water partition coefficient (Wildman–Crippen LogP) is 2.24. The Morgan fingerprint density at radius 1 is 0.935 bits per heavy atom. The molecule has 4 rings (SSSR count). The molecule has 2 aromatic carbocycles. The van der Waals surface area contributed by atoms with Gasteiger partial charge in [0.05, 0.1) is 16.2 Å². The zero-order valence-corrected chi connectivity index (χ0v) is 19.2. The molecule has 31 heavy (non-hydrogen) atoms. The standard InChI is InChI=1S/C22H28N2O5S2/c1-30(25,26)21-10-6-5-9-20(21)16-31(27,28)24-13-11-22(12-14-24)17-23(18-29-22)15-19-7-3-2-4-8-19/h2-10H,11-18H2,1H3. The normalized spacial score (nSPS) is 20.3. The molecular weight excluding hydrogens is 436 g/mol. The van der Waals surface area contributed by atoms with Gasteiger partial charge in [-0.25, -0.2) is 21.1 Å². The van der Waals surface area contributed by atoms with Crippen molar-refractivity contribution in [3.8, 4) is 0 Å². The maximum Gasteiger partial charge on any atom is 0.218 e. The molecule has 0 atom stereocenters. The first-order valence-electron chi connectivity index (χ1n) is 10.3. The van der Waals surface area contributed by atoms with Gasteiger partial charge in [-0.2, -0.15) is 0 Å². The lowest BCUT2D eigenvalue weighted by Crippen LogP contribution is -2.48. The van der Waals surface area contributed by atoms with Gasteiger partial charge in [-0.05, 0) is 30.0 Å². The van der Waals surface area contributed by atoms with Crippen LogP contribution in [0.15, 0.2) is 59.5 Å². The number of rotatable bonds is 6. The monoisotopic (exact) mass is 464 g/mol. The summed E-state index contributed by atoms with van der Waals surface area (Å²) in [4.78, 5) is 2.32. The first-order valence-corrected chi connectivity index (χ1v) is 13.8. The van der Waals surface area contributed by atoms with Crippen LogP contribution in [0.2, 0.25) is 0 Å². The summed E-state index contributed by atoms with van der Waals surface area (Å²) in [6, 6.07) is 16.5. The van der Waals surface area contributed by atoms with E-state index in [1.54, 1.807) is 18.2 Å². The number of nitrogens with zero attached hydrogens (tertiary/aromatic N) is 2. The van der Waals surface area contributed by atoms with Gasteiger partial charge in [0.1, 0.15) is 6.73 Å². The van der Waals surface area contributed by atoms with Gasteiger partial charge in [0.25, 0.3) is 0 Å². The van der Waals surface area contributed by atoms with Crippen molar-refractivity contribution in [3.05, 3.63) is 65.7 Å². The van der Waals surface area contributed by atoms with Crippen LogP contribution >= 0.6 is 0 Å². The van der Waals surface area contributed by atoms with E-state index >= 15 is 0 Å². The molecule has 0 unspecified atom stereocenters. The minimum absolute atomic E-state index is 0.0720. The molecule has 2 aliphatic rings. The number of sulfone groups is 1. The van der Waals surface area contributed by atoms with Crippen molar-refractivity contribution >= 4 is 19.9 Å². The largest absolute Gasteiger partial charge is 0.358 e. The van der Waals surface area contributed by atoms with Gasteiger partial charge in [-0.3, -0.25) is 4.90 Å². The number of piperidine rings is 1. The highest BCUT2D eigenvalue weighted by Crippen LogP contribution is 2.34. The molecule has 0 N–H and O–H groups in total. The number of ether oxygens (including phenoxy) is 1. The molecule has 2 aromatic rings. The molecule has 0 bridgehead atoms. The highest BCUT2D eigenvalue weighted by atomic mass is 32.2. The van der Waals surface area contributed by atoms with Crippen LogP contribution in [0.4, 0.5) is 0 Å². The highest BCUT2D eigenvalue weighted by molar-refractivity contribution is 7.91. The number of hydrogen-bond donors (Lipinski definition) is 0. The molecule has 2 aliphatic heterocycles. The van der Waals surface area contributed by atoms with Gasteiger partial charge in [0.15, 0.2) is 9.84 Å². The Morgan fingerprint density at radius 2 is 1.58 bits per heavy atom. The first-order chi connectivity index (χ1) is 14.7. The predicted molar refractivity (Wildman–Crippen MR) is 119 cm³/mol. The second-order valence-electron chi connectivity index (χ2n) is 8.46. The Bertz CT molecular complexity index is 1130. The molecule has 2 fully saturated rings. The third-order valence-corrected chi connectivity index (χ3v) is 9.08. The molecule has 2 heterocycles. The first kappa shape index (κ1) is 22.4. The van der Waals surface area contributed by atoms with E-state index in [2.05, 4.69) is 17.0 Å². The van der Waals surface area contributed by atoms with Gasteiger partial charge < -0.3 is 4.74 Å². The fourth-order valence-corrected chi connectivity index (χ4v) is 7.02. The minimum atomic E-state index is -3.63. The van der Waals surface area contributed by atoms with E-state index in [0.29, 0.717) is 38.2 Å². The van der Waals surface area contributed by atoms with Crippen molar-refractivity contribution in [1.29, 1.82) is 0 Å². The Labute approximate surface area is 184 Å². The van der Waals surface area contributed by atoms with Gasteiger partial charge in [-0.1, -0.05) is 48.5 Å². The summed E-state index contributed by atoms with van der Waals surface area (Å²) >= 11 is 0. The van der Waals surface area contributed by atoms with Crippen LogP contribution in [0.1, 0.15) is 24.0 Å². The molecule has 0 aromatic heterocycles. The Morgan fingerprint density at radius 3 is 2.26 bits per heavy atom. The van der Waals surface area contributed by atoms with Crippen molar-refractivity contribution in [1.82, 2.24) is 9.21 Å². The molecule has 2 saturated heterocycles. The molecule has 168 valence electrons. The average Bonchev–Trinajstić information content (AvgIpc) is 3.10. The summed E-state index contributed by atoms with van der Waals surface area (Å²) in [6.07, 6.45) is 2.36. The number of sulfonamides is 1. The van der Waals surface area contributed by atoms with Crippen molar-refractivity contribution in [2.75, 3.05) is 32.6 Å². The Hall–Kier alpha value is -1.78. The molecule has 1 spiro atoms. The highest BCUT2D eigenvalue weighted by Gasteiger charge is 2.43. The van der Waals surface area contributed by atoms with E-state index in [9.17, 15) is 16.8 Å². The second kappa shape index (κ2) is 8.63. The van der Waals surface area contributed by atoms with E-state index in [-0.39, 0.29) is 16.2 Å². The summed E-state index contributed by atoms with van der Waals surface area (Å²) in [5.41, 5.74) is 1.23. The fourth-order valence-electron chi connectivity index (χ4n) is 4.42. The van der Waals surface area contributed by atoms with Crippen LogP contribution in [0.5, 0.6) is 0 Å². The van der Waals surface area contributed by atoms with Crippen molar-refractivity contribution < 1.29 is 21.6 Å². The summed E-state index contributed by atoms with van der Waals surface area (Å²) in [6.45, 7) is 2.90. The van der Waals surface area contributed by atoms with E-state index in [1.165, 1.54) is 15.9 Å². The third kappa shape index (κ3) is 5.18. The molecule has 0 aliphatic carbocycles. The van der Waals surface area contributed by atoms with Gasteiger partial charge >= 0.3 is 0 Å². The second-order valence-corrected chi connectivity index (χ2v) is 12.4. The number of benzene rings is 2. The van der Waals surface area contributed by atoms with Crippen molar-refractivity contribution in [2.45, 2.75) is 35.6 Å². The summed E-state index contributed by atoms with van der Waals surface area (Å²) in [5.74, 6) is -0.315. The zero-order valence-electron chi connectivity index (χ0n) is 17.6. The van der Waals surface area contributed by atoms with Gasteiger partial charge in [0.2, 0.25) is 10.0 Å². The molecular formula is C22H28N2O5S2. The summed E-state index contributed by atoms with van der Waals surface area (Å²) in [7, 11) is -7.12. The van der Waals surface area contributed by atoms with Crippen LogP contribution in [-0.2, 0) is 36.9 Å². The molecule has 7 nitrogen and oxygen atoms in total. The topological polar surface area (TPSA) is 84.0 Å². The van der Waals surface area contributed by atoms with Crippen LogP contribution in [0.3, 0.4) is 0 Å². The van der Waals surface area contributed by atoms with E-state index in [1.807, 2.05) is 18.2 Å². The maximum atomic E-state index is 13.0. The maximum absolute atomic E-state index is 13.0. The minimum Gasteiger partial charge on any atom is -0.358 e. The van der Waals surface area contributed by atoms with Crippen molar-refractivity contribution in [2.24, 2.45) is 0 Å².